The molecule has 1 aliphatic heterocycles. The molecule has 3 aromatic carbocycles. The highest BCUT2D eigenvalue weighted by Crippen LogP contribution is 2.29. The van der Waals surface area contributed by atoms with Crippen LogP contribution in [-0.4, -0.2) is 34.9 Å². The maximum Gasteiger partial charge on any atom is 0.323 e. The molecule has 7 nitrogen and oxygen atoms in total. The molecule has 0 atom stereocenters. The van der Waals surface area contributed by atoms with Crippen LogP contribution >= 0.6 is 11.6 Å². The van der Waals surface area contributed by atoms with E-state index in [-0.39, 0.29) is 27.5 Å². The molecule has 0 unspecified atom stereocenters. The lowest BCUT2D eigenvalue weighted by Gasteiger charge is -2.16. The van der Waals surface area contributed by atoms with E-state index in [1.165, 1.54) is 36.4 Å². The Labute approximate surface area is 210 Å². The van der Waals surface area contributed by atoms with Gasteiger partial charge >= 0.3 is 6.03 Å². The second-order valence-electron chi connectivity index (χ2n) is 8.33. The minimum atomic E-state index is -0.987. The van der Waals surface area contributed by atoms with Crippen LogP contribution in [0.4, 0.5) is 30.8 Å². The first-order chi connectivity index (χ1) is 17.4. The van der Waals surface area contributed by atoms with Crippen LogP contribution in [0.25, 0.3) is 11.0 Å². The van der Waals surface area contributed by atoms with Crippen LogP contribution in [-0.2, 0) is 0 Å². The maximum absolute atomic E-state index is 15.4. The summed E-state index contributed by atoms with van der Waals surface area (Å²) in [5, 5.41) is 4.64. The summed E-state index contributed by atoms with van der Waals surface area (Å²) < 4.78 is 28.7. The van der Waals surface area contributed by atoms with Crippen LogP contribution in [0, 0.1) is 11.6 Å². The number of hydrogen-bond donors (Lipinski definition) is 2. The van der Waals surface area contributed by atoms with Gasteiger partial charge in [-0.15, -0.1) is 0 Å². The summed E-state index contributed by atoms with van der Waals surface area (Å²) >= 11 is 6.19. The molecule has 0 saturated carbocycles. The van der Waals surface area contributed by atoms with Gasteiger partial charge in [0.15, 0.2) is 11.6 Å². The van der Waals surface area contributed by atoms with Crippen LogP contribution < -0.4 is 15.5 Å². The van der Waals surface area contributed by atoms with Crippen molar-refractivity contribution in [3.63, 3.8) is 0 Å². The molecule has 5 rings (SSSR count). The molecule has 0 aliphatic carbocycles. The van der Waals surface area contributed by atoms with E-state index in [1.807, 2.05) is 0 Å². The normalized spacial score (nSPS) is 13.1. The van der Waals surface area contributed by atoms with E-state index in [0.717, 1.165) is 37.8 Å². The maximum atomic E-state index is 15.4. The number of carbonyl (C=O) groups is 2. The fourth-order valence-corrected chi connectivity index (χ4v) is 4.33. The monoisotopic (exact) mass is 507 g/mol. The first kappa shape index (κ1) is 23.6. The molecule has 0 bridgehead atoms. The van der Waals surface area contributed by atoms with Gasteiger partial charge < -0.3 is 15.5 Å². The van der Waals surface area contributed by atoms with Crippen LogP contribution in [0.2, 0.25) is 5.02 Å². The van der Waals surface area contributed by atoms with Crippen molar-refractivity contribution in [3.05, 3.63) is 88.6 Å². The van der Waals surface area contributed by atoms with E-state index < -0.39 is 23.4 Å². The molecule has 0 spiro atoms. The number of fused-ring (bicyclic) bond motifs is 1. The highest BCUT2D eigenvalue weighted by Gasteiger charge is 2.23. The summed E-state index contributed by atoms with van der Waals surface area (Å²) in [4.78, 5) is 36.8. The molecular weight excluding hydrogens is 488 g/mol. The van der Waals surface area contributed by atoms with Crippen molar-refractivity contribution in [1.29, 1.82) is 0 Å². The van der Waals surface area contributed by atoms with E-state index in [4.69, 9.17) is 11.6 Å². The van der Waals surface area contributed by atoms with E-state index >= 15 is 4.39 Å². The van der Waals surface area contributed by atoms with Crippen molar-refractivity contribution >= 4 is 51.6 Å². The Morgan fingerprint density at radius 1 is 0.944 bits per heavy atom. The summed E-state index contributed by atoms with van der Waals surface area (Å²) in [5.74, 6) is -1.46. The van der Waals surface area contributed by atoms with Gasteiger partial charge in [-0.3, -0.25) is 9.78 Å². The molecule has 10 heteroatoms. The summed E-state index contributed by atoms with van der Waals surface area (Å²) in [6.45, 7) is 1.79. The largest absolute Gasteiger partial charge is 0.355 e. The van der Waals surface area contributed by atoms with Gasteiger partial charge in [0.05, 0.1) is 33.5 Å². The molecule has 36 heavy (non-hydrogen) atoms. The smallest absolute Gasteiger partial charge is 0.323 e. The number of nitrogens with one attached hydrogen (secondary N) is 2. The summed E-state index contributed by atoms with van der Waals surface area (Å²) in [6, 6.07) is 11.7. The van der Waals surface area contributed by atoms with Crippen LogP contribution in [0.5, 0.6) is 0 Å². The van der Waals surface area contributed by atoms with Crippen LogP contribution in [0.3, 0.4) is 0 Å². The third kappa shape index (κ3) is 4.83. The molecule has 1 fully saturated rings. The Kier molecular flexibility index (Phi) is 6.47. The molecule has 0 radical (unpaired) electrons. The Morgan fingerprint density at radius 3 is 2.53 bits per heavy atom. The molecule has 1 aliphatic rings. The van der Waals surface area contributed by atoms with Crippen molar-refractivity contribution in [2.75, 3.05) is 28.6 Å². The van der Waals surface area contributed by atoms with Gasteiger partial charge in [-0.1, -0.05) is 17.7 Å². The lowest BCUT2D eigenvalue weighted by atomic mass is 10.0. The number of ketones is 1. The van der Waals surface area contributed by atoms with Gasteiger partial charge in [-0.25, -0.2) is 18.6 Å². The second kappa shape index (κ2) is 9.87. The fraction of sp³-hybridized carbons (Fsp3) is 0.154. The number of carbonyl (C=O) groups excluding carboxylic acids is 2. The lowest BCUT2D eigenvalue weighted by molar-refractivity contribution is 0.103. The molecule has 1 aromatic heterocycles. The second-order valence-corrected chi connectivity index (χ2v) is 8.74. The topological polar surface area (TPSA) is 87.2 Å². The SMILES string of the molecule is O=C(Nc1cccc(F)c1)Nc1ccc(Cl)c(C(=O)c2ccc3ncc(N4CCCC4)nc3c2)c1F. The van der Waals surface area contributed by atoms with Crippen molar-refractivity contribution in [3.8, 4) is 0 Å². The van der Waals surface area contributed by atoms with Crippen molar-refractivity contribution in [2.45, 2.75) is 12.8 Å². The number of nitrogens with zero attached hydrogens (tertiary/aromatic N) is 3. The zero-order valence-corrected chi connectivity index (χ0v) is 19.6. The average molecular weight is 508 g/mol. The third-order valence-corrected chi connectivity index (χ3v) is 6.19. The van der Waals surface area contributed by atoms with Gasteiger partial charge in [0, 0.05) is 24.3 Å². The summed E-state index contributed by atoms with van der Waals surface area (Å²) in [7, 11) is 0. The fourth-order valence-electron chi connectivity index (χ4n) is 4.09. The molecule has 2 heterocycles. The predicted octanol–water partition coefficient (Wildman–Crippen LogP) is 6.04. The Bertz CT molecular complexity index is 1490. The van der Waals surface area contributed by atoms with E-state index in [2.05, 4.69) is 25.5 Å². The number of anilines is 3. The Balaban J connectivity index is 1.42. The van der Waals surface area contributed by atoms with Gasteiger partial charge in [-0.05, 0) is 61.4 Å². The van der Waals surface area contributed by atoms with Crippen LogP contribution in [0.15, 0.2) is 60.8 Å². The first-order valence-electron chi connectivity index (χ1n) is 11.3. The standard InChI is InChI=1S/C26H20ClF2N5O2/c27-18-7-9-20(33-26(36)31-17-5-3-4-16(28)13-17)24(29)23(18)25(35)15-6-8-19-21(12-15)32-22(14-30-19)34-10-1-2-11-34/h3-9,12-14H,1-2,10-11H2,(H2,31,33,36). The molecule has 2 amide bonds. The summed E-state index contributed by atoms with van der Waals surface area (Å²) in [5.41, 5.74) is 0.828. The minimum Gasteiger partial charge on any atom is -0.355 e. The van der Waals surface area contributed by atoms with E-state index in [1.54, 1.807) is 18.3 Å². The van der Waals surface area contributed by atoms with Crippen molar-refractivity contribution in [2.24, 2.45) is 0 Å². The number of hydrogen-bond acceptors (Lipinski definition) is 5. The van der Waals surface area contributed by atoms with E-state index in [9.17, 15) is 14.0 Å². The molecule has 182 valence electrons. The molecule has 2 N–H and O–H groups in total. The average Bonchev–Trinajstić information content (AvgIpc) is 3.40. The van der Waals surface area contributed by atoms with Gasteiger partial charge in [-0.2, -0.15) is 0 Å². The number of urea groups is 1. The first-order valence-corrected chi connectivity index (χ1v) is 11.6. The molecule has 1 saturated heterocycles. The van der Waals surface area contributed by atoms with Crippen molar-refractivity contribution < 1.29 is 18.4 Å². The van der Waals surface area contributed by atoms with E-state index in [0.29, 0.717) is 11.0 Å². The van der Waals surface area contributed by atoms with Crippen LogP contribution in [0.1, 0.15) is 28.8 Å². The lowest BCUT2D eigenvalue weighted by Crippen LogP contribution is -2.21. The number of benzene rings is 3. The molecular formula is C26H20ClF2N5O2. The zero-order chi connectivity index (χ0) is 25.2. The quantitative estimate of drug-likeness (QED) is 0.322. The number of rotatable bonds is 5. The van der Waals surface area contributed by atoms with Gasteiger partial charge in [0.2, 0.25) is 0 Å². The van der Waals surface area contributed by atoms with Gasteiger partial charge in [0.25, 0.3) is 0 Å². The minimum absolute atomic E-state index is 0.106. The van der Waals surface area contributed by atoms with Crippen molar-refractivity contribution in [1.82, 2.24) is 9.97 Å². The number of aromatic nitrogens is 2. The predicted molar refractivity (Wildman–Crippen MR) is 135 cm³/mol. The Hall–Kier alpha value is -4.11. The third-order valence-electron chi connectivity index (χ3n) is 5.87. The highest BCUT2D eigenvalue weighted by atomic mass is 35.5. The van der Waals surface area contributed by atoms with Gasteiger partial charge in [0.1, 0.15) is 11.6 Å². The number of halogens is 3. The highest BCUT2D eigenvalue weighted by molar-refractivity contribution is 6.35. The zero-order valence-electron chi connectivity index (χ0n) is 18.9. The summed E-state index contributed by atoms with van der Waals surface area (Å²) in [6.07, 6.45) is 3.87. The number of amides is 2. The molecule has 4 aromatic rings. The Morgan fingerprint density at radius 2 is 1.75 bits per heavy atom.